The molecule has 2 heterocycles. The molecule has 32 heavy (non-hydrogen) atoms. The number of benzene rings is 2. The maximum Gasteiger partial charge on any atom is 0.304 e. The Bertz CT molecular complexity index is 1090. The highest BCUT2D eigenvalue weighted by Gasteiger charge is 2.19. The van der Waals surface area contributed by atoms with Crippen molar-refractivity contribution in [1.82, 2.24) is 14.9 Å². The van der Waals surface area contributed by atoms with Crippen LogP contribution in [0.4, 0.5) is 8.78 Å². The van der Waals surface area contributed by atoms with Crippen LogP contribution in [0, 0.1) is 0 Å². The molecule has 0 atom stereocenters. The van der Waals surface area contributed by atoms with E-state index in [0.29, 0.717) is 30.2 Å². The molecule has 1 aromatic heterocycles. The zero-order valence-electron chi connectivity index (χ0n) is 17.4. The van der Waals surface area contributed by atoms with Crippen LogP contribution in [0.3, 0.4) is 0 Å². The summed E-state index contributed by atoms with van der Waals surface area (Å²) in [5, 5.41) is 8.86. The monoisotopic (exact) mass is 439 g/mol. The molecule has 3 aromatic rings. The number of hydrogen-bond donors (Lipinski definition) is 1. The van der Waals surface area contributed by atoms with E-state index in [2.05, 4.69) is 9.88 Å². The number of rotatable bonds is 8. The van der Waals surface area contributed by atoms with Gasteiger partial charge in [0.1, 0.15) is 12.4 Å². The van der Waals surface area contributed by atoms with Crippen LogP contribution in [0.15, 0.2) is 54.7 Å². The summed E-state index contributed by atoms with van der Waals surface area (Å²) >= 11 is 0. The molecule has 0 fully saturated rings. The van der Waals surface area contributed by atoms with Gasteiger partial charge in [-0.05, 0) is 35.9 Å². The first-order chi connectivity index (χ1) is 15.5. The molecule has 8 heteroatoms. The molecule has 1 N–H and O–H groups in total. The normalized spacial score (nSPS) is 13.7. The van der Waals surface area contributed by atoms with Gasteiger partial charge in [0.15, 0.2) is 5.82 Å². The van der Waals surface area contributed by atoms with Crippen LogP contribution in [0.5, 0.6) is 5.75 Å². The maximum absolute atomic E-state index is 12.8. The number of aromatic nitrogens is 2. The summed E-state index contributed by atoms with van der Waals surface area (Å²) in [5.41, 5.74) is 3.53. The fourth-order valence-corrected chi connectivity index (χ4v) is 3.64. The lowest BCUT2D eigenvalue weighted by molar-refractivity contribution is -0.137. The van der Waals surface area contributed by atoms with E-state index in [1.807, 2.05) is 30.5 Å². The van der Waals surface area contributed by atoms with Gasteiger partial charge in [0.25, 0.3) is 6.43 Å². The van der Waals surface area contributed by atoms with Crippen LogP contribution < -0.4 is 4.74 Å². The topological polar surface area (TPSA) is 75.5 Å². The van der Waals surface area contributed by atoms with Crippen LogP contribution in [0.2, 0.25) is 0 Å². The fraction of sp³-hybridized carbons (Fsp3) is 0.292. The number of ether oxygens (including phenoxy) is 1. The SMILES string of the molecule is O=C(O)CCN1CCc2nc(-c3ccc(OCc4cccc(C(F)F)c4)cc3)ncc2C1. The fourth-order valence-electron chi connectivity index (χ4n) is 3.64. The molecule has 0 spiro atoms. The second-order valence-electron chi connectivity index (χ2n) is 7.69. The van der Waals surface area contributed by atoms with Gasteiger partial charge < -0.3 is 9.84 Å². The van der Waals surface area contributed by atoms with E-state index in [4.69, 9.17) is 14.8 Å². The molecule has 166 valence electrons. The highest BCUT2D eigenvalue weighted by Crippen LogP contribution is 2.24. The van der Waals surface area contributed by atoms with Crippen LogP contribution in [0.1, 0.15) is 35.2 Å². The number of hydrogen-bond acceptors (Lipinski definition) is 5. The number of halogens is 2. The second kappa shape index (κ2) is 9.82. The molecular weight excluding hydrogens is 416 g/mol. The number of nitrogens with zero attached hydrogens (tertiary/aromatic N) is 3. The van der Waals surface area contributed by atoms with Crippen LogP contribution in [-0.4, -0.2) is 39.0 Å². The zero-order chi connectivity index (χ0) is 22.5. The number of aliphatic carboxylic acids is 1. The Labute approximate surface area is 184 Å². The van der Waals surface area contributed by atoms with Crippen LogP contribution in [-0.2, 0) is 24.4 Å². The third kappa shape index (κ3) is 5.45. The molecule has 0 bridgehead atoms. The molecule has 1 aliphatic rings. The van der Waals surface area contributed by atoms with Crippen LogP contribution in [0.25, 0.3) is 11.4 Å². The van der Waals surface area contributed by atoms with Gasteiger partial charge in [0.2, 0.25) is 0 Å². The average Bonchev–Trinajstić information content (AvgIpc) is 2.81. The summed E-state index contributed by atoms with van der Waals surface area (Å²) in [7, 11) is 0. The molecule has 2 aromatic carbocycles. The van der Waals surface area contributed by atoms with Gasteiger partial charge in [-0.25, -0.2) is 18.7 Å². The van der Waals surface area contributed by atoms with Crippen molar-refractivity contribution in [3.8, 4) is 17.1 Å². The molecule has 0 unspecified atom stereocenters. The lowest BCUT2D eigenvalue weighted by Gasteiger charge is -2.27. The molecule has 0 radical (unpaired) electrons. The summed E-state index contributed by atoms with van der Waals surface area (Å²) in [6.07, 6.45) is 0.188. The summed E-state index contributed by atoms with van der Waals surface area (Å²) in [5.74, 6) is 0.457. The minimum absolute atomic E-state index is 0.0176. The van der Waals surface area contributed by atoms with E-state index in [9.17, 15) is 13.6 Å². The first-order valence-corrected chi connectivity index (χ1v) is 10.4. The Morgan fingerprint density at radius 2 is 2.00 bits per heavy atom. The highest BCUT2D eigenvalue weighted by atomic mass is 19.3. The summed E-state index contributed by atoms with van der Waals surface area (Å²) in [4.78, 5) is 22.0. The van der Waals surface area contributed by atoms with Crippen molar-refractivity contribution >= 4 is 5.97 Å². The van der Waals surface area contributed by atoms with Gasteiger partial charge in [0.05, 0.1) is 12.1 Å². The molecule has 1 aliphatic heterocycles. The zero-order valence-corrected chi connectivity index (χ0v) is 17.4. The van der Waals surface area contributed by atoms with Gasteiger partial charge >= 0.3 is 5.97 Å². The van der Waals surface area contributed by atoms with Crippen molar-refractivity contribution in [2.45, 2.75) is 32.4 Å². The average molecular weight is 439 g/mol. The number of fused-ring (bicyclic) bond motifs is 1. The lowest BCUT2D eigenvalue weighted by Crippen LogP contribution is -2.33. The van der Waals surface area contributed by atoms with Crippen molar-refractivity contribution in [2.75, 3.05) is 13.1 Å². The number of carboxylic acid groups (broad SMARTS) is 1. The van der Waals surface area contributed by atoms with E-state index in [-0.39, 0.29) is 18.6 Å². The van der Waals surface area contributed by atoms with E-state index in [1.54, 1.807) is 12.1 Å². The third-order valence-corrected chi connectivity index (χ3v) is 5.38. The van der Waals surface area contributed by atoms with Gasteiger partial charge in [-0.1, -0.05) is 18.2 Å². The first kappa shape index (κ1) is 21.8. The first-order valence-electron chi connectivity index (χ1n) is 10.4. The second-order valence-corrected chi connectivity index (χ2v) is 7.69. The lowest BCUT2D eigenvalue weighted by atomic mass is 10.1. The predicted octanol–water partition coefficient (Wildman–Crippen LogP) is 4.49. The largest absolute Gasteiger partial charge is 0.489 e. The Kier molecular flexibility index (Phi) is 6.70. The molecular formula is C24H23F2N3O3. The molecule has 6 nitrogen and oxygen atoms in total. The Morgan fingerprint density at radius 3 is 2.75 bits per heavy atom. The van der Waals surface area contributed by atoms with E-state index in [1.165, 1.54) is 12.1 Å². The van der Waals surface area contributed by atoms with Crippen LogP contribution >= 0.6 is 0 Å². The standard InChI is InChI=1S/C24H23F2N3O3/c25-23(26)18-3-1-2-16(12-18)15-32-20-6-4-17(5-7-20)24-27-13-19-14-29(11-9-22(30)31)10-8-21(19)28-24/h1-7,12-13,23H,8-11,14-15H2,(H,30,31). The Balaban J connectivity index is 1.38. The third-order valence-electron chi connectivity index (χ3n) is 5.38. The minimum Gasteiger partial charge on any atom is -0.489 e. The number of carboxylic acids is 1. The smallest absolute Gasteiger partial charge is 0.304 e. The molecule has 0 saturated heterocycles. The van der Waals surface area contributed by atoms with Crippen molar-refractivity contribution in [3.05, 3.63) is 77.1 Å². The highest BCUT2D eigenvalue weighted by molar-refractivity contribution is 5.66. The summed E-state index contributed by atoms with van der Waals surface area (Å²) < 4.78 is 31.4. The number of carbonyl (C=O) groups is 1. The molecule has 4 rings (SSSR count). The van der Waals surface area contributed by atoms with E-state index in [0.717, 1.165) is 29.8 Å². The van der Waals surface area contributed by atoms with Crippen molar-refractivity contribution in [2.24, 2.45) is 0 Å². The summed E-state index contributed by atoms with van der Waals surface area (Å²) in [6.45, 7) is 2.15. The Hall–Kier alpha value is -3.39. The minimum atomic E-state index is -2.50. The summed E-state index contributed by atoms with van der Waals surface area (Å²) in [6, 6.07) is 13.6. The van der Waals surface area contributed by atoms with Gasteiger partial charge in [0, 0.05) is 48.9 Å². The van der Waals surface area contributed by atoms with Gasteiger partial charge in [-0.2, -0.15) is 0 Å². The predicted molar refractivity (Wildman–Crippen MR) is 114 cm³/mol. The number of alkyl halides is 2. The quantitative estimate of drug-likeness (QED) is 0.557. The van der Waals surface area contributed by atoms with Crippen molar-refractivity contribution < 1.29 is 23.4 Å². The van der Waals surface area contributed by atoms with E-state index >= 15 is 0 Å². The molecule has 0 amide bonds. The van der Waals surface area contributed by atoms with Crippen molar-refractivity contribution in [1.29, 1.82) is 0 Å². The Morgan fingerprint density at radius 1 is 1.19 bits per heavy atom. The van der Waals surface area contributed by atoms with Gasteiger partial charge in [-0.3, -0.25) is 9.69 Å². The molecule has 0 saturated carbocycles. The maximum atomic E-state index is 12.8. The van der Waals surface area contributed by atoms with E-state index < -0.39 is 12.4 Å². The van der Waals surface area contributed by atoms with Gasteiger partial charge in [-0.15, -0.1) is 0 Å². The molecule has 0 aliphatic carbocycles. The van der Waals surface area contributed by atoms with Crippen molar-refractivity contribution in [3.63, 3.8) is 0 Å².